The van der Waals surface area contributed by atoms with Gasteiger partial charge in [-0.15, -0.1) is 0 Å². The Morgan fingerprint density at radius 3 is 2.70 bits per heavy atom. The number of aromatic nitrogens is 2. The van der Waals surface area contributed by atoms with Gasteiger partial charge in [0.2, 0.25) is 5.91 Å². The van der Waals surface area contributed by atoms with Gasteiger partial charge in [0.25, 0.3) is 0 Å². The van der Waals surface area contributed by atoms with E-state index in [0.717, 1.165) is 48.3 Å². The first-order valence-corrected chi connectivity index (χ1v) is 11.0. The predicted octanol–water partition coefficient (Wildman–Crippen LogP) is 4.93. The van der Waals surface area contributed by atoms with E-state index in [4.69, 9.17) is 9.72 Å². The average Bonchev–Trinajstić information content (AvgIpc) is 3.13. The molecule has 0 atom stereocenters. The van der Waals surface area contributed by atoms with Crippen molar-refractivity contribution < 1.29 is 9.53 Å². The van der Waals surface area contributed by atoms with Crippen LogP contribution < -0.4 is 10.1 Å². The Hall–Kier alpha value is -2.82. The van der Waals surface area contributed by atoms with Crippen LogP contribution in [0.4, 0.5) is 0 Å². The lowest BCUT2D eigenvalue weighted by atomic mass is 9.89. The molecule has 1 amide bonds. The molecule has 158 valence electrons. The van der Waals surface area contributed by atoms with Crippen LogP contribution in [0.1, 0.15) is 49.1 Å². The van der Waals surface area contributed by atoms with E-state index < -0.39 is 0 Å². The average molecular weight is 406 g/mol. The Morgan fingerprint density at radius 2 is 1.90 bits per heavy atom. The number of hydrogen-bond donors (Lipinski definition) is 1. The van der Waals surface area contributed by atoms with E-state index >= 15 is 0 Å². The first-order chi connectivity index (χ1) is 14.6. The monoisotopic (exact) mass is 405 g/mol. The van der Waals surface area contributed by atoms with E-state index in [9.17, 15) is 4.79 Å². The van der Waals surface area contributed by atoms with Gasteiger partial charge in [-0.3, -0.25) is 4.79 Å². The maximum absolute atomic E-state index is 12.6. The first kappa shape index (κ1) is 20.5. The van der Waals surface area contributed by atoms with Crippen molar-refractivity contribution in [3.8, 4) is 5.75 Å². The van der Waals surface area contributed by atoms with Crippen molar-refractivity contribution in [1.82, 2.24) is 14.9 Å². The second-order valence-corrected chi connectivity index (χ2v) is 8.32. The Bertz CT molecular complexity index is 1020. The summed E-state index contributed by atoms with van der Waals surface area (Å²) >= 11 is 0. The molecule has 5 heteroatoms. The number of benzene rings is 2. The van der Waals surface area contributed by atoms with Gasteiger partial charge in [0.05, 0.1) is 24.1 Å². The van der Waals surface area contributed by atoms with Crippen molar-refractivity contribution in [2.24, 2.45) is 5.92 Å². The standard InChI is InChI=1S/C25H31N3O2/c1-18-12-13-21(16-19(18)2)30-15-14-28-23-11-7-6-10-22(23)27-24(28)17-26-25(29)20-8-4-3-5-9-20/h6-7,10-13,16,20H,3-5,8-9,14-15,17H2,1-2H3,(H,26,29). The zero-order valence-electron chi connectivity index (χ0n) is 18.0. The third-order valence-electron chi connectivity index (χ3n) is 6.19. The number of carbonyl (C=O) groups excluding carboxylic acids is 1. The number of para-hydroxylation sites is 2. The van der Waals surface area contributed by atoms with E-state index in [1.54, 1.807) is 0 Å². The molecule has 1 aromatic heterocycles. The van der Waals surface area contributed by atoms with Crippen LogP contribution in [-0.2, 0) is 17.9 Å². The molecule has 5 nitrogen and oxygen atoms in total. The number of nitrogens with zero attached hydrogens (tertiary/aromatic N) is 2. The van der Waals surface area contributed by atoms with Gasteiger partial charge in [-0.25, -0.2) is 4.98 Å². The SMILES string of the molecule is Cc1ccc(OCCn2c(CNC(=O)C3CCCCC3)nc3ccccc32)cc1C. The second-order valence-electron chi connectivity index (χ2n) is 8.32. The van der Waals surface area contributed by atoms with Crippen molar-refractivity contribution in [1.29, 1.82) is 0 Å². The fourth-order valence-electron chi connectivity index (χ4n) is 4.24. The number of amides is 1. The third-order valence-corrected chi connectivity index (χ3v) is 6.19. The quantitative estimate of drug-likeness (QED) is 0.606. The van der Waals surface area contributed by atoms with Crippen LogP contribution in [0.5, 0.6) is 5.75 Å². The maximum atomic E-state index is 12.6. The number of rotatable bonds is 7. The molecule has 0 aliphatic heterocycles. The molecule has 0 bridgehead atoms. The molecule has 1 heterocycles. The van der Waals surface area contributed by atoms with Crippen LogP contribution in [0.3, 0.4) is 0 Å². The smallest absolute Gasteiger partial charge is 0.223 e. The van der Waals surface area contributed by atoms with E-state index in [1.165, 1.54) is 17.5 Å². The summed E-state index contributed by atoms with van der Waals surface area (Å²) in [4.78, 5) is 17.4. The van der Waals surface area contributed by atoms with Crippen LogP contribution in [0.15, 0.2) is 42.5 Å². The van der Waals surface area contributed by atoms with Gasteiger partial charge in [0, 0.05) is 5.92 Å². The fraction of sp³-hybridized carbons (Fsp3) is 0.440. The van der Waals surface area contributed by atoms with Gasteiger partial charge >= 0.3 is 0 Å². The van der Waals surface area contributed by atoms with Crippen molar-refractivity contribution in [3.05, 3.63) is 59.4 Å². The molecule has 1 aliphatic carbocycles. The highest BCUT2D eigenvalue weighted by molar-refractivity contribution is 5.79. The number of nitrogens with one attached hydrogen (secondary N) is 1. The number of carbonyl (C=O) groups is 1. The molecule has 1 saturated carbocycles. The van der Waals surface area contributed by atoms with Gasteiger partial charge in [-0.05, 0) is 62.1 Å². The predicted molar refractivity (Wildman–Crippen MR) is 120 cm³/mol. The van der Waals surface area contributed by atoms with Crippen molar-refractivity contribution >= 4 is 16.9 Å². The van der Waals surface area contributed by atoms with Crippen LogP contribution >= 0.6 is 0 Å². The highest BCUT2D eigenvalue weighted by Crippen LogP contribution is 2.24. The molecular weight excluding hydrogens is 374 g/mol. The highest BCUT2D eigenvalue weighted by atomic mass is 16.5. The summed E-state index contributed by atoms with van der Waals surface area (Å²) < 4.78 is 8.17. The lowest BCUT2D eigenvalue weighted by Crippen LogP contribution is -2.32. The summed E-state index contributed by atoms with van der Waals surface area (Å²) in [7, 11) is 0. The summed E-state index contributed by atoms with van der Waals surface area (Å²) in [5, 5.41) is 3.13. The molecule has 0 unspecified atom stereocenters. The number of hydrogen-bond acceptors (Lipinski definition) is 3. The molecule has 0 radical (unpaired) electrons. The van der Waals surface area contributed by atoms with E-state index in [-0.39, 0.29) is 11.8 Å². The van der Waals surface area contributed by atoms with Crippen molar-refractivity contribution in [2.45, 2.75) is 59.0 Å². The number of fused-ring (bicyclic) bond motifs is 1. The van der Waals surface area contributed by atoms with Crippen LogP contribution in [0, 0.1) is 19.8 Å². The molecule has 1 aliphatic rings. The van der Waals surface area contributed by atoms with Crippen LogP contribution in [0.2, 0.25) is 0 Å². The summed E-state index contributed by atoms with van der Waals surface area (Å²) in [5.74, 6) is 2.09. The fourth-order valence-corrected chi connectivity index (χ4v) is 4.24. The Kier molecular flexibility index (Phi) is 6.36. The van der Waals surface area contributed by atoms with Crippen LogP contribution in [-0.4, -0.2) is 22.1 Å². The second kappa shape index (κ2) is 9.33. The van der Waals surface area contributed by atoms with Gasteiger partial charge in [0.15, 0.2) is 0 Å². The van der Waals surface area contributed by atoms with Gasteiger partial charge in [0.1, 0.15) is 18.2 Å². The minimum absolute atomic E-state index is 0.157. The Balaban J connectivity index is 1.44. The minimum atomic E-state index is 0.157. The zero-order valence-corrected chi connectivity index (χ0v) is 18.0. The highest BCUT2D eigenvalue weighted by Gasteiger charge is 2.21. The minimum Gasteiger partial charge on any atom is -0.492 e. The summed E-state index contributed by atoms with van der Waals surface area (Å²) in [6.07, 6.45) is 5.58. The normalized spacial score (nSPS) is 14.7. The third kappa shape index (κ3) is 4.66. The van der Waals surface area contributed by atoms with Gasteiger partial charge < -0.3 is 14.6 Å². The van der Waals surface area contributed by atoms with E-state index in [2.05, 4.69) is 41.9 Å². The molecule has 0 spiro atoms. The molecule has 4 rings (SSSR count). The topological polar surface area (TPSA) is 56.1 Å². The number of ether oxygens (including phenoxy) is 1. The van der Waals surface area contributed by atoms with E-state index in [0.29, 0.717) is 19.7 Å². The lowest BCUT2D eigenvalue weighted by Gasteiger charge is -2.20. The number of aryl methyl sites for hydroxylation is 2. The van der Waals surface area contributed by atoms with Crippen molar-refractivity contribution in [3.63, 3.8) is 0 Å². The zero-order chi connectivity index (χ0) is 20.9. The molecule has 1 N–H and O–H groups in total. The number of imidazole rings is 1. The molecular formula is C25H31N3O2. The summed E-state index contributed by atoms with van der Waals surface area (Å²) in [6.45, 7) is 5.88. The molecule has 1 fully saturated rings. The molecule has 3 aromatic rings. The van der Waals surface area contributed by atoms with E-state index in [1.807, 2.05) is 24.3 Å². The summed E-state index contributed by atoms with van der Waals surface area (Å²) in [6, 6.07) is 14.3. The van der Waals surface area contributed by atoms with Gasteiger partial charge in [-0.2, -0.15) is 0 Å². The van der Waals surface area contributed by atoms with Crippen LogP contribution in [0.25, 0.3) is 11.0 Å². The largest absolute Gasteiger partial charge is 0.492 e. The first-order valence-electron chi connectivity index (χ1n) is 11.0. The molecule has 30 heavy (non-hydrogen) atoms. The molecule has 0 saturated heterocycles. The maximum Gasteiger partial charge on any atom is 0.223 e. The Labute approximate surface area is 178 Å². The lowest BCUT2D eigenvalue weighted by molar-refractivity contribution is -0.126. The summed E-state index contributed by atoms with van der Waals surface area (Å²) in [5.41, 5.74) is 4.51. The Morgan fingerprint density at radius 1 is 1.10 bits per heavy atom. The van der Waals surface area contributed by atoms with Crippen molar-refractivity contribution in [2.75, 3.05) is 6.61 Å². The molecule has 2 aromatic carbocycles. The van der Waals surface area contributed by atoms with Gasteiger partial charge in [-0.1, -0.05) is 37.5 Å².